The third kappa shape index (κ3) is 4.32. The van der Waals surface area contributed by atoms with Gasteiger partial charge in [-0.25, -0.2) is 10.4 Å². The average Bonchev–Trinajstić information content (AvgIpc) is 3.18. The van der Waals surface area contributed by atoms with Crippen LogP contribution in [0.3, 0.4) is 0 Å². The van der Waals surface area contributed by atoms with E-state index in [9.17, 15) is 9.90 Å². The minimum absolute atomic E-state index is 0.0870. The summed E-state index contributed by atoms with van der Waals surface area (Å²) in [6, 6.07) is 29.1. The molecule has 6 nitrogen and oxygen atoms in total. The largest absolute Gasteiger partial charge is 0.507 e. The van der Waals surface area contributed by atoms with Gasteiger partial charge in [-0.3, -0.25) is 4.79 Å². The second kappa shape index (κ2) is 8.96. The predicted molar refractivity (Wildman–Crippen MR) is 130 cm³/mol. The molecule has 6 heteroatoms. The number of hydrogen-bond donors (Lipinski definition) is 2. The number of hydrogen-bond acceptors (Lipinski definition) is 4. The van der Waals surface area contributed by atoms with Crippen LogP contribution in [-0.2, 0) is 17.8 Å². The summed E-state index contributed by atoms with van der Waals surface area (Å²) < 4.78 is 1.92. The van der Waals surface area contributed by atoms with Crippen LogP contribution in [0.2, 0.25) is 0 Å². The monoisotopic (exact) mass is 434 g/mol. The molecular formula is C27H22N4O2. The van der Waals surface area contributed by atoms with Gasteiger partial charge in [0.2, 0.25) is 0 Å². The first-order valence-electron chi connectivity index (χ1n) is 10.7. The van der Waals surface area contributed by atoms with Crippen molar-refractivity contribution in [3.05, 3.63) is 108 Å². The minimum Gasteiger partial charge on any atom is -0.507 e. The van der Waals surface area contributed by atoms with E-state index in [0.717, 1.165) is 33.2 Å². The second-order valence-corrected chi connectivity index (χ2v) is 7.78. The predicted octanol–water partition coefficient (Wildman–Crippen LogP) is 4.64. The summed E-state index contributed by atoms with van der Waals surface area (Å²) in [7, 11) is 0. The maximum atomic E-state index is 12.7. The molecule has 162 valence electrons. The number of nitrogens with zero attached hydrogens (tertiary/aromatic N) is 3. The second-order valence-electron chi connectivity index (χ2n) is 7.78. The number of carbonyl (C=O) groups is 1. The van der Waals surface area contributed by atoms with Crippen LogP contribution in [0.1, 0.15) is 17.0 Å². The number of phenols is 1. The number of aromatic nitrogens is 2. The van der Waals surface area contributed by atoms with Crippen molar-refractivity contribution in [1.82, 2.24) is 15.0 Å². The molecule has 1 heterocycles. The van der Waals surface area contributed by atoms with Crippen molar-refractivity contribution in [1.29, 1.82) is 0 Å². The van der Waals surface area contributed by atoms with E-state index in [-0.39, 0.29) is 18.2 Å². The van der Waals surface area contributed by atoms with Crippen LogP contribution in [0.4, 0.5) is 0 Å². The van der Waals surface area contributed by atoms with E-state index in [0.29, 0.717) is 12.0 Å². The van der Waals surface area contributed by atoms with Gasteiger partial charge < -0.3 is 9.67 Å². The van der Waals surface area contributed by atoms with Crippen molar-refractivity contribution in [3.8, 4) is 5.75 Å². The molecule has 0 aliphatic heterocycles. The van der Waals surface area contributed by atoms with E-state index in [4.69, 9.17) is 4.98 Å². The lowest BCUT2D eigenvalue weighted by molar-refractivity contribution is -0.121. The molecule has 4 aromatic carbocycles. The summed E-state index contributed by atoms with van der Waals surface area (Å²) in [4.78, 5) is 17.5. The number of rotatable bonds is 6. The van der Waals surface area contributed by atoms with Gasteiger partial charge in [-0.15, -0.1) is 0 Å². The zero-order chi connectivity index (χ0) is 22.6. The fourth-order valence-corrected chi connectivity index (χ4v) is 3.94. The molecule has 0 spiro atoms. The fourth-order valence-electron chi connectivity index (χ4n) is 3.94. The maximum absolute atomic E-state index is 12.7. The Morgan fingerprint density at radius 3 is 2.58 bits per heavy atom. The molecule has 0 aliphatic rings. The molecule has 0 bridgehead atoms. The highest BCUT2D eigenvalue weighted by Crippen LogP contribution is 2.27. The Kier molecular flexibility index (Phi) is 5.55. The van der Waals surface area contributed by atoms with Crippen molar-refractivity contribution in [2.45, 2.75) is 13.0 Å². The lowest BCUT2D eigenvalue weighted by Crippen LogP contribution is -2.24. The maximum Gasteiger partial charge on any atom is 0.260 e. The summed E-state index contributed by atoms with van der Waals surface area (Å²) >= 11 is 0. The standard InChI is InChI=1S/C27H22N4O2/c32-26(30-28-17-21-15-14-20-10-4-5-11-22(20)27(21)33)18-31-24-13-7-6-12-23(24)29-25(31)16-19-8-2-1-3-9-19/h1-15,17,33H,16,18H2,(H,30,32). The number of benzene rings is 4. The van der Waals surface area contributed by atoms with Gasteiger partial charge in [0.05, 0.1) is 17.2 Å². The number of para-hydroxylation sites is 2. The zero-order valence-electron chi connectivity index (χ0n) is 17.8. The summed E-state index contributed by atoms with van der Waals surface area (Å²) in [5.41, 5.74) is 5.98. The number of fused-ring (bicyclic) bond motifs is 2. The number of imidazole rings is 1. The molecule has 0 unspecified atom stereocenters. The van der Waals surface area contributed by atoms with E-state index in [2.05, 4.69) is 10.5 Å². The average molecular weight is 434 g/mol. The van der Waals surface area contributed by atoms with Gasteiger partial charge in [-0.1, -0.05) is 72.8 Å². The highest BCUT2D eigenvalue weighted by Gasteiger charge is 2.14. The summed E-state index contributed by atoms with van der Waals surface area (Å²) in [5, 5.41) is 16.2. The Hall–Kier alpha value is -4.45. The van der Waals surface area contributed by atoms with Crippen LogP contribution >= 0.6 is 0 Å². The molecule has 1 amide bonds. The molecule has 0 saturated heterocycles. The summed E-state index contributed by atoms with van der Waals surface area (Å²) in [6.07, 6.45) is 2.08. The third-order valence-corrected chi connectivity index (χ3v) is 5.57. The van der Waals surface area contributed by atoms with Crippen molar-refractivity contribution in [3.63, 3.8) is 0 Å². The first-order valence-corrected chi connectivity index (χ1v) is 10.7. The molecule has 0 fully saturated rings. The minimum atomic E-state index is -0.274. The van der Waals surface area contributed by atoms with Crippen molar-refractivity contribution in [2.24, 2.45) is 5.10 Å². The van der Waals surface area contributed by atoms with Gasteiger partial charge in [-0.05, 0) is 29.1 Å². The molecular weight excluding hydrogens is 412 g/mol. The number of nitrogens with one attached hydrogen (secondary N) is 1. The molecule has 5 rings (SSSR count). The lowest BCUT2D eigenvalue weighted by Gasteiger charge is -2.09. The van der Waals surface area contributed by atoms with Crippen LogP contribution in [-0.4, -0.2) is 26.8 Å². The molecule has 2 N–H and O–H groups in total. The highest BCUT2D eigenvalue weighted by atomic mass is 16.3. The Morgan fingerprint density at radius 2 is 1.70 bits per heavy atom. The Labute approximate surface area is 190 Å². The summed E-state index contributed by atoms with van der Waals surface area (Å²) in [6.45, 7) is 0.0870. The quantitative estimate of drug-likeness (QED) is 0.302. The smallest absolute Gasteiger partial charge is 0.260 e. The lowest BCUT2D eigenvalue weighted by atomic mass is 10.1. The Balaban J connectivity index is 1.35. The molecule has 0 saturated carbocycles. The van der Waals surface area contributed by atoms with E-state index in [1.165, 1.54) is 6.21 Å². The van der Waals surface area contributed by atoms with Gasteiger partial charge >= 0.3 is 0 Å². The van der Waals surface area contributed by atoms with Crippen molar-refractivity contribution < 1.29 is 9.90 Å². The fraction of sp³-hybridized carbons (Fsp3) is 0.0741. The van der Waals surface area contributed by atoms with Crippen LogP contribution in [0, 0.1) is 0 Å². The van der Waals surface area contributed by atoms with Crippen LogP contribution in [0.5, 0.6) is 5.75 Å². The first-order chi connectivity index (χ1) is 16.2. The first kappa shape index (κ1) is 20.5. The number of aromatic hydroxyl groups is 1. The van der Waals surface area contributed by atoms with Crippen LogP contribution in [0.15, 0.2) is 96.1 Å². The van der Waals surface area contributed by atoms with Crippen LogP contribution in [0.25, 0.3) is 21.8 Å². The molecule has 0 aliphatic carbocycles. The molecule has 1 aromatic heterocycles. The van der Waals surface area contributed by atoms with Gasteiger partial charge in [0.1, 0.15) is 18.1 Å². The molecule has 0 atom stereocenters. The topological polar surface area (TPSA) is 79.5 Å². The normalized spacial score (nSPS) is 11.4. The SMILES string of the molecule is O=C(Cn1c(Cc2ccccc2)nc2ccccc21)NN=Cc1ccc2ccccc2c1O. The van der Waals surface area contributed by atoms with Crippen molar-refractivity contribution in [2.75, 3.05) is 0 Å². The van der Waals surface area contributed by atoms with E-state index < -0.39 is 0 Å². The van der Waals surface area contributed by atoms with Gasteiger partial charge in [0, 0.05) is 17.4 Å². The van der Waals surface area contributed by atoms with Gasteiger partial charge in [0.25, 0.3) is 5.91 Å². The zero-order valence-corrected chi connectivity index (χ0v) is 17.8. The third-order valence-electron chi connectivity index (χ3n) is 5.57. The van der Waals surface area contributed by atoms with Crippen molar-refractivity contribution >= 4 is 33.9 Å². The Morgan fingerprint density at radius 1 is 0.939 bits per heavy atom. The van der Waals surface area contributed by atoms with Gasteiger partial charge in [-0.2, -0.15) is 5.10 Å². The Bertz CT molecular complexity index is 1470. The number of phenolic OH excluding ortho intramolecular Hbond substituents is 1. The number of carbonyl (C=O) groups excluding carboxylic acids is 1. The van der Waals surface area contributed by atoms with E-state index >= 15 is 0 Å². The molecule has 5 aromatic rings. The molecule has 0 radical (unpaired) electrons. The number of amides is 1. The van der Waals surface area contributed by atoms with Gasteiger partial charge in [0.15, 0.2) is 0 Å². The molecule has 33 heavy (non-hydrogen) atoms. The van der Waals surface area contributed by atoms with Crippen LogP contribution < -0.4 is 5.43 Å². The van der Waals surface area contributed by atoms with E-state index in [1.54, 1.807) is 6.07 Å². The number of hydrazone groups is 1. The summed E-state index contributed by atoms with van der Waals surface area (Å²) in [5.74, 6) is 0.676. The highest BCUT2D eigenvalue weighted by molar-refractivity contribution is 5.97. The van der Waals surface area contributed by atoms with E-state index in [1.807, 2.05) is 89.5 Å².